The van der Waals surface area contributed by atoms with Crippen molar-refractivity contribution in [1.82, 2.24) is 10.6 Å². The highest BCUT2D eigenvalue weighted by Crippen LogP contribution is 2.36. The third-order valence-corrected chi connectivity index (χ3v) is 2.21. The summed E-state index contributed by atoms with van der Waals surface area (Å²) in [5.41, 5.74) is 7.23. The standard InChI is InChI=1S/C7H13N2/c8-5-9(6-1-2-6)7-3-4-7/h6-8H,1-5H2. The maximum atomic E-state index is 7.23. The van der Waals surface area contributed by atoms with Crippen LogP contribution in [0.1, 0.15) is 25.7 Å². The van der Waals surface area contributed by atoms with Gasteiger partial charge in [0.05, 0.1) is 6.67 Å². The lowest BCUT2D eigenvalue weighted by Crippen LogP contribution is -2.29. The number of hydrogen-bond donors (Lipinski definition) is 0. The van der Waals surface area contributed by atoms with E-state index < -0.39 is 0 Å². The zero-order valence-electron chi connectivity index (χ0n) is 5.64. The molecule has 1 radical (unpaired) electrons. The highest BCUT2D eigenvalue weighted by Gasteiger charge is 2.37. The third-order valence-electron chi connectivity index (χ3n) is 2.21. The topological polar surface area (TPSA) is 27.0 Å². The van der Waals surface area contributed by atoms with Crippen molar-refractivity contribution in [1.29, 1.82) is 0 Å². The van der Waals surface area contributed by atoms with Crippen LogP contribution >= 0.6 is 0 Å². The summed E-state index contributed by atoms with van der Waals surface area (Å²) in [6.07, 6.45) is 5.43. The predicted molar refractivity (Wildman–Crippen MR) is 35.8 cm³/mol. The number of nitrogens with one attached hydrogen (secondary N) is 1. The fraction of sp³-hybridized carbons (Fsp3) is 1.00. The molecule has 51 valence electrons. The largest absolute Gasteiger partial charge is 0.284 e. The Morgan fingerprint density at radius 1 is 1.11 bits per heavy atom. The Morgan fingerprint density at radius 2 is 1.56 bits per heavy atom. The first-order valence-electron chi connectivity index (χ1n) is 3.82. The molecule has 0 unspecified atom stereocenters. The molecule has 0 spiro atoms. The van der Waals surface area contributed by atoms with Gasteiger partial charge in [0.25, 0.3) is 0 Å². The van der Waals surface area contributed by atoms with Gasteiger partial charge in [0, 0.05) is 12.1 Å². The van der Waals surface area contributed by atoms with Crippen molar-refractivity contribution in [3.8, 4) is 0 Å². The second-order valence-corrected chi connectivity index (χ2v) is 3.13. The molecule has 2 heteroatoms. The van der Waals surface area contributed by atoms with E-state index in [1.807, 2.05) is 0 Å². The number of rotatable bonds is 3. The summed E-state index contributed by atoms with van der Waals surface area (Å²) in [5, 5.41) is 0. The van der Waals surface area contributed by atoms with Crippen LogP contribution < -0.4 is 5.73 Å². The van der Waals surface area contributed by atoms with Gasteiger partial charge >= 0.3 is 0 Å². The Bertz CT molecular complexity index is 93.5. The van der Waals surface area contributed by atoms with E-state index in [2.05, 4.69) is 4.90 Å². The van der Waals surface area contributed by atoms with E-state index in [0.29, 0.717) is 6.67 Å². The Balaban J connectivity index is 1.85. The zero-order valence-corrected chi connectivity index (χ0v) is 5.64. The molecule has 2 rings (SSSR count). The monoisotopic (exact) mass is 125 g/mol. The van der Waals surface area contributed by atoms with Crippen LogP contribution in [0.5, 0.6) is 0 Å². The molecule has 0 saturated heterocycles. The van der Waals surface area contributed by atoms with Crippen molar-refractivity contribution in [2.45, 2.75) is 37.8 Å². The van der Waals surface area contributed by atoms with Crippen LogP contribution in [-0.2, 0) is 0 Å². The van der Waals surface area contributed by atoms with Crippen molar-refractivity contribution in [3.63, 3.8) is 0 Å². The zero-order chi connectivity index (χ0) is 6.27. The molecule has 1 N–H and O–H groups in total. The van der Waals surface area contributed by atoms with Crippen LogP contribution in [0.25, 0.3) is 0 Å². The van der Waals surface area contributed by atoms with Gasteiger partial charge in [-0.25, -0.2) is 5.73 Å². The SMILES string of the molecule is [NH]CN(C1CC1)C1CC1. The quantitative estimate of drug-likeness (QED) is 0.549. The van der Waals surface area contributed by atoms with Crippen molar-refractivity contribution >= 4 is 0 Å². The summed E-state index contributed by atoms with van der Waals surface area (Å²) >= 11 is 0. The lowest BCUT2D eigenvalue weighted by atomic mass is 10.5. The molecular formula is C7H13N2. The van der Waals surface area contributed by atoms with Crippen LogP contribution in [0, 0.1) is 0 Å². The second-order valence-electron chi connectivity index (χ2n) is 3.13. The molecule has 0 heterocycles. The minimum atomic E-state index is 0.537. The van der Waals surface area contributed by atoms with Crippen molar-refractivity contribution in [3.05, 3.63) is 0 Å². The molecule has 2 saturated carbocycles. The molecule has 9 heavy (non-hydrogen) atoms. The van der Waals surface area contributed by atoms with Gasteiger partial charge in [-0.3, -0.25) is 4.90 Å². The van der Waals surface area contributed by atoms with Gasteiger partial charge in [0.2, 0.25) is 0 Å². The summed E-state index contributed by atoms with van der Waals surface area (Å²) in [7, 11) is 0. The molecule has 2 aliphatic carbocycles. The summed E-state index contributed by atoms with van der Waals surface area (Å²) in [6.45, 7) is 0.537. The van der Waals surface area contributed by atoms with Crippen LogP contribution in [0.15, 0.2) is 0 Å². The Labute approximate surface area is 56.0 Å². The first-order chi connectivity index (χ1) is 4.42. The maximum Gasteiger partial charge on any atom is 0.0620 e. The van der Waals surface area contributed by atoms with Gasteiger partial charge in [-0.1, -0.05) is 0 Å². The van der Waals surface area contributed by atoms with E-state index in [1.54, 1.807) is 0 Å². The van der Waals surface area contributed by atoms with E-state index >= 15 is 0 Å². The van der Waals surface area contributed by atoms with Gasteiger partial charge in [-0.2, -0.15) is 0 Å². The molecule has 2 nitrogen and oxygen atoms in total. The molecule has 0 aromatic rings. The van der Waals surface area contributed by atoms with E-state index in [1.165, 1.54) is 25.7 Å². The first-order valence-corrected chi connectivity index (χ1v) is 3.82. The summed E-state index contributed by atoms with van der Waals surface area (Å²) in [6, 6.07) is 1.63. The lowest BCUT2D eigenvalue weighted by Gasteiger charge is -2.17. The maximum absolute atomic E-state index is 7.23. The number of nitrogens with zero attached hydrogens (tertiary/aromatic N) is 1. The molecule has 2 aliphatic rings. The molecule has 2 fully saturated rings. The average molecular weight is 125 g/mol. The van der Waals surface area contributed by atoms with E-state index in [-0.39, 0.29) is 0 Å². The third kappa shape index (κ3) is 1.10. The van der Waals surface area contributed by atoms with Gasteiger partial charge in [-0.15, -0.1) is 0 Å². The van der Waals surface area contributed by atoms with Gasteiger partial charge in [0.15, 0.2) is 0 Å². The van der Waals surface area contributed by atoms with Gasteiger partial charge in [-0.05, 0) is 25.7 Å². The molecule has 0 aromatic heterocycles. The van der Waals surface area contributed by atoms with Crippen LogP contribution in [-0.4, -0.2) is 23.7 Å². The minimum absolute atomic E-state index is 0.537. The normalized spacial score (nSPS) is 27.3. The van der Waals surface area contributed by atoms with E-state index in [9.17, 15) is 0 Å². The highest BCUT2D eigenvalue weighted by molar-refractivity contribution is 4.93. The fourth-order valence-electron chi connectivity index (χ4n) is 1.37. The van der Waals surface area contributed by atoms with Crippen LogP contribution in [0.4, 0.5) is 0 Å². The first kappa shape index (κ1) is 5.69. The Hall–Kier alpha value is -0.0800. The van der Waals surface area contributed by atoms with E-state index in [0.717, 1.165) is 12.1 Å². The Kier molecular flexibility index (Phi) is 1.24. The van der Waals surface area contributed by atoms with Crippen molar-refractivity contribution < 1.29 is 0 Å². The summed E-state index contributed by atoms with van der Waals surface area (Å²) < 4.78 is 0. The van der Waals surface area contributed by atoms with Gasteiger partial charge in [0.1, 0.15) is 0 Å². The fourth-order valence-corrected chi connectivity index (χ4v) is 1.37. The molecule has 0 atom stereocenters. The Morgan fingerprint density at radius 3 is 1.78 bits per heavy atom. The highest BCUT2D eigenvalue weighted by atomic mass is 15.3. The molecule has 0 amide bonds. The van der Waals surface area contributed by atoms with Crippen LogP contribution in [0.2, 0.25) is 0 Å². The molecule has 0 aliphatic heterocycles. The molecule has 0 aromatic carbocycles. The molecule has 0 bridgehead atoms. The predicted octanol–water partition coefficient (Wildman–Crippen LogP) is 0.854. The van der Waals surface area contributed by atoms with Crippen molar-refractivity contribution in [2.75, 3.05) is 6.67 Å². The average Bonchev–Trinajstić information content (AvgIpc) is 2.61. The smallest absolute Gasteiger partial charge is 0.0620 e. The second kappa shape index (κ2) is 1.96. The van der Waals surface area contributed by atoms with Crippen molar-refractivity contribution in [2.24, 2.45) is 0 Å². The summed E-state index contributed by atoms with van der Waals surface area (Å²) in [4.78, 5) is 2.35. The molecular weight excluding hydrogens is 112 g/mol. The number of hydrogen-bond acceptors (Lipinski definition) is 1. The van der Waals surface area contributed by atoms with E-state index in [4.69, 9.17) is 5.73 Å². The van der Waals surface area contributed by atoms with Crippen LogP contribution in [0.3, 0.4) is 0 Å². The van der Waals surface area contributed by atoms with Gasteiger partial charge < -0.3 is 0 Å². The lowest BCUT2D eigenvalue weighted by molar-refractivity contribution is 0.256. The minimum Gasteiger partial charge on any atom is -0.284 e. The summed E-state index contributed by atoms with van der Waals surface area (Å²) in [5.74, 6) is 0.